The van der Waals surface area contributed by atoms with E-state index in [0.717, 1.165) is 89.7 Å². The van der Waals surface area contributed by atoms with Crippen molar-refractivity contribution in [3.63, 3.8) is 0 Å². The number of unbranched alkanes of at least 4 members (excludes halogenated alkanes) is 3. The van der Waals surface area contributed by atoms with Gasteiger partial charge < -0.3 is 19.1 Å². The van der Waals surface area contributed by atoms with Crippen LogP contribution >= 0.6 is 0 Å². The van der Waals surface area contributed by atoms with Gasteiger partial charge in [-0.3, -0.25) is 20.0 Å². The number of ether oxygens (including phenoxy) is 2. The number of aromatic hydroxyl groups is 1. The van der Waals surface area contributed by atoms with Crippen molar-refractivity contribution in [3.05, 3.63) is 71.6 Å². The van der Waals surface area contributed by atoms with Crippen molar-refractivity contribution >= 4 is 36.1 Å². The molecule has 46 heavy (non-hydrogen) atoms. The van der Waals surface area contributed by atoms with Crippen molar-refractivity contribution in [1.82, 2.24) is 15.4 Å². The van der Waals surface area contributed by atoms with Crippen molar-refractivity contribution < 1.29 is 24.2 Å². The number of allylic oxidation sites excluding steroid dienone is 1. The normalized spacial score (nSPS) is 12.8. The minimum absolute atomic E-state index is 0.240. The molecule has 0 aliphatic heterocycles. The molecule has 9 nitrogen and oxygen atoms in total. The Balaban J connectivity index is 2.06. The first kappa shape index (κ1) is 36.3. The van der Waals surface area contributed by atoms with E-state index in [0.29, 0.717) is 19.3 Å². The number of aryl methyl sites for hydroxylation is 2. The number of amides is 1. The number of fused-ring (bicyclic) bond motifs is 1. The average Bonchev–Trinajstić information content (AvgIpc) is 3.32. The molecular weight excluding hydrogens is 580 g/mol. The Kier molecular flexibility index (Phi) is 14.2. The van der Waals surface area contributed by atoms with Crippen LogP contribution in [0.15, 0.2) is 59.7 Å². The molecule has 1 aromatic heterocycles. The van der Waals surface area contributed by atoms with Crippen LogP contribution in [0, 0.1) is 5.41 Å². The lowest BCUT2D eigenvalue weighted by Crippen LogP contribution is -2.30. The fourth-order valence-corrected chi connectivity index (χ4v) is 5.76. The zero-order valence-corrected chi connectivity index (χ0v) is 28.0. The first-order chi connectivity index (χ1) is 22.2. The molecule has 1 atom stereocenters. The average molecular weight is 631 g/mol. The van der Waals surface area contributed by atoms with E-state index in [1.165, 1.54) is 0 Å². The van der Waals surface area contributed by atoms with Gasteiger partial charge in [-0.1, -0.05) is 51.5 Å². The van der Waals surface area contributed by atoms with Gasteiger partial charge in [0.1, 0.15) is 5.75 Å². The summed E-state index contributed by atoms with van der Waals surface area (Å²) < 4.78 is 13.2. The smallest absolute Gasteiger partial charge is 0.293 e. The number of nitrogens with zero attached hydrogens (tertiary/aromatic N) is 2. The van der Waals surface area contributed by atoms with Gasteiger partial charge in [0.25, 0.3) is 6.47 Å². The van der Waals surface area contributed by atoms with Crippen LogP contribution in [0.5, 0.6) is 5.75 Å². The molecule has 2 aromatic carbocycles. The summed E-state index contributed by atoms with van der Waals surface area (Å²) in [4.78, 5) is 26.1. The van der Waals surface area contributed by atoms with E-state index < -0.39 is 0 Å². The van der Waals surface area contributed by atoms with Crippen molar-refractivity contribution in [2.24, 2.45) is 10.4 Å². The third-order valence-corrected chi connectivity index (χ3v) is 8.10. The van der Waals surface area contributed by atoms with E-state index in [2.05, 4.69) is 78.1 Å². The van der Waals surface area contributed by atoms with Crippen molar-refractivity contribution in [2.75, 3.05) is 20.3 Å². The molecule has 0 radical (unpaired) electrons. The fraction of sp³-hybridized carbons (Fsp3) is 0.432. The minimum Gasteiger partial charge on any atom is -0.508 e. The second kappa shape index (κ2) is 18.1. The highest BCUT2D eigenvalue weighted by Crippen LogP contribution is 2.37. The summed E-state index contributed by atoms with van der Waals surface area (Å²) >= 11 is 0. The van der Waals surface area contributed by atoms with Gasteiger partial charge in [0, 0.05) is 48.4 Å². The van der Waals surface area contributed by atoms with Gasteiger partial charge >= 0.3 is 0 Å². The van der Waals surface area contributed by atoms with E-state index in [9.17, 15) is 14.7 Å². The molecular formula is C37H50N4O5. The van der Waals surface area contributed by atoms with Crippen LogP contribution in [0.25, 0.3) is 28.1 Å². The third kappa shape index (κ3) is 10.2. The maximum absolute atomic E-state index is 11.1. The standard InChI is InChI=1S/C37H50N4O5/c1-7-16-38-34(27(3)45-6)22-36-33(23-37(4,5)24-46-26-43)32-21-29(14-15-35(32)41(36)8-2)30-18-28(19-31(44)20-30)13-11-9-10-12-17-39-40-25-42/h7,14-16,18-22,25-27,39,44H,1,8-13,17,23-24H2,2-6H3,(H,40,42)/b34-22+,38-16?. The van der Waals surface area contributed by atoms with E-state index in [4.69, 9.17) is 9.47 Å². The van der Waals surface area contributed by atoms with Crippen molar-refractivity contribution in [1.29, 1.82) is 0 Å². The van der Waals surface area contributed by atoms with E-state index in [-0.39, 0.29) is 23.9 Å². The molecule has 1 heterocycles. The number of nitrogens with one attached hydrogen (secondary N) is 2. The van der Waals surface area contributed by atoms with Crippen LogP contribution in [-0.4, -0.2) is 55.1 Å². The van der Waals surface area contributed by atoms with E-state index in [1.807, 2.05) is 19.1 Å². The van der Waals surface area contributed by atoms with E-state index in [1.54, 1.807) is 19.4 Å². The maximum atomic E-state index is 11.1. The number of benzene rings is 2. The first-order valence-corrected chi connectivity index (χ1v) is 16.0. The van der Waals surface area contributed by atoms with Crippen LogP contribution in [0.4, 0.5) is 0 Å². The summed E-state index contributed by atoms with van der Waals surface area (Å²) in [5.74, 6) is 0.247. The Morgan fingerprint density at radius 2 is 1.89 bits per heavy atom. The molecule has 0 aliphatic rings. The Morgan fingerprint density at radius 3 is 2.59 bits per heavy atom. The molecule has 248 valence electrons. The van der Waals surface area contributed by atoms with E-state index >= 15 is 0 Å². The van der Waals surface area contributed by atoms with Gasteiger partial charge in [-0.15, -0.1) is 0 Å². The minimum atomic E-state index is -0.330. The summed E-state index contributed by atoms with van der Waals surface area (Å²) in [6, 6.07) is 12.3. The summed E-state index contributed by atoms with van der Waals surface area (Å²) in [7, 11) is 1.67. The molecule has 3 aromatic rings. The largest absolute Gasteiger partial charge is 0.508 e. The van der Waals surface area contributed by atoms with Gasteiger partial charge in [0.2, 0.25) is 6.41 Å². The second-order valence-corrected chi connectivity index (χ2v) is 12.3. The number of phenols is 1. The highest BCUT2D eigenvalue weighted by molar-refractivity contribution is 5.92. The van der Waals surface area contributed by atoms with Crippen molar-refractivity contribution in [2.45, 2.75) is 78.9 Å². The number of hydrogen-bond donors (Lipinski definition) is 3. The van der Waals surface area contributed by atoms with Crippen LogP contribution in [0.3, 0.4) is 0 Å². The predicted molar refractivity (Wildman–Crippen MR) is 187 cm³/mol. The molecule has 0 fully saturated rings. The van der Waals surface area contributed by atoms with Crippen LogP contribution < -0.4 is 10.9 Å². The summed E-state index contributed by atoms with van der Waals surface area (Å²) in [5.41, 5.74) is 12.1. The first-order valence-electron chi connectivity index (χ1n) is 16.0. The number of aromatic nitrogens is 1. The van der Waals surface area contributed by atoms with Gasteiger partial charge in [-0.05, 0) is 92.1 Å². The van der Waals surface area contributed by atoms with Crippen LogP contribution in [-0.2, 0) is 38.4 Å². The molecule has 0 aliphatic carbocycles. The number of hydrogen-bond acceptors (Lipinski definition) is 7. The lowest BCUT2D eigenvalue weighted by atomic mass is 9.85. The summed E-state index contributed by atoms with van der Waals surface area (Å²) in [5, 5.41) is 11.8. The quantitative estimate of drug-likeness (QED) is 0.0519. The molecule has 0 spiro atoms. The lowest BCUT2D eigenvalue weighted by molar-refractivity contribution is -0.131. The Labute approximate surface area is 273 Å². The van der Waals surface area contributed by atoms with Crippen molar-refractivity contribution in [3.8, 4) is 16.9 Å². The molecule has 0 saturated heterocycles. The molecule has 0 saturated carbocycles. The number of aliphatic imine (C=N–C) groups is 1. The highest BCUT2D eigenvalue weighted by atomic mass is 16.5. The van der Waals surface area contributed by atoms with Gasteiger partial charge in [0.05, 0.1) is 18.4 Å². The Bertz CT molecular complexity index is 1520. The number of carbonyl (C=O) groups excluding carboxylic acids is 2. The molecule has 1 amide bonds. The molecule has 9 heteroatoms. The zero-order chi connectivity index (χ0) is 33.5. The molecule has 0 bridgehead atoms. The monoisotopic (exact) mass is 630 g/mol. The predicted octanol–water partition coefficient (Wildman–Crippen LogP) is 6.76. The molecule has 3 rings (SSSR count). The second-order valence-electron chi connectivity index (χ2n) is 12.3. The number of phenolic OH excluding ortho intramolecular Hbond substituents is 1. The molecule has 1 unspecified atom stereocenters. The van der Waals surface area contributed by atoms with Gasteiger partial charge in [-0.25, -0.2) is 5.43 Å². The topological polar surface area (TPSA) is 114 Å². The fourth-order valence-electron chi connectivity index (χ4n) is 5.76. The van der Waals surface area contributed by atoms with Crippen LogP contribution in [0.2, 0.25) is 0 Å². The third-order valence-electron chi connectivity index (χ3n) is 8.10. The summed E-state index contributed by atoms with van der Waals surface area (Å²) in [6.45, 7) is 14.3. The SMILES string of the molecule is C=CC=N/C(=C/c1c(CC(C)(C)COC=O)c2cc(-c3cc(O)cc(CCCCCCNNC=O)c3)ccc2n1CC)C(C)OC. The number of rotatable bonds is 21. The lowest BCUT2D eigenvalue weighted by Gasteiger charge is -2.24. The Morgan fingerprint density at radius 1 is 1.11 bits per heavy atom. The van der Waals surface area contributed by atoms with Gasteiger partial charge in [-0.2, -0.15) is 0 Å². The number of carbonyl (C=O) groups is 2. The number of hydrazine groups is 1. The van der Waals surface area contributed by atoms with Gasteiger partial charge in [0.15, 0.2) is 0 Å². The highest BCUT2D eigenvalue weighted by Gasteiger charge is 2.26. The molecule has 3 N–H and O–H groups in total. The zero-order valence-electron chi connectivity index (χ0n) is 28.0. The maximum Gasteiger partial charge on any atom is 0.293 e. The number of methoxy groups -OCH3 is 1. The van der Waals surface area contributed by atoms with Crippen LogP contribution in [0.1, 0.15) is 70.2 Å². The summed E-state index contributed by atoms with van der Waals surface area (Å²) in [6.07, 6.45) is 11.4. The Hall–Kier alpha value is -4.21.